The lowest BCUT2D eigenvalue weighted by molar-refractivity contribution is -0.110. The molecule has 1 fully saturated rings. The molecule has 6 heteroatoms. The molecule has 2 aliphatic heterocycles. The van der Waals surface area contributed by atoms with Crippen molar-refractivity contribution in [1.29, 1.82) is 0 Å². The van der Waals surface area contributed by atoms with Crippen LogP contribution in [0.2, 0.25) is 0 Å². The Hall–Kier alpha value is -3.64. The van der Waals surface area contributed by atoms with Gasteiger partial charge in [0, 0.05) is 35.7 Å². The van der Waals surface area contributed by atoms with Crippen LogP contribution in [0.1, 0.15) is 45.7 Å². The molecule has 34 heavy (non-hydrogen) atoms. The van der Waals surface area contributed by atoms with Gasteiger partial charge in [-0.1, -0.05) is 36.4 Å². The molecule has 2 aromatic carbocycles. The highest BCUT2D eigenvalue weighted by molar-refractivity contribution is 6.35. The van der Waals surface area contributed by atoms with Gasteiger partial charge in [0.05, 0.1) is 11.1 Å². The molecular weight excluding hydrogens is 424 g/mol. The highest BCUT2D eigenvalue weighted by Crippen LogP contribution is 2.36. The number of nitrogens with one attached hydrogen (secondary N) is 3. The van der Waals surface area contributed by atoms with Gasteiger partial charge in [-0.25, -0.2) is 0 Å². The molecule has 5 rings (SSSR count). The minimum Gasteiger partial charge on any atom is -0.358 e. The van der Waals surface area contributed by atoms with Crippen molar-refractivity contribution in [2.24, 2.45) is 0 Å². The summed E-state index contributed by atoms with van der Waals surface area (Å²) < 4.78 is 0. The molecular formula is C28H30N4O2. The van der Waals surface area contributed by atoms with Crippen molar-refractivity contribution in [2.75, 3.05) is 31.5 Å². The van der Waals surface area contributed by atoms with E-state index < -0.39 is 0 Å². The maximum atomic E-state index is 12.9. The number of H-pyrrole nitrogens is 1. The van der Waals surface area contributed by atoms with Crippen molar-refractivity contribution in [2.45, 2.75) is 26.7 Å². The Morgan fingerprint density at radius 1 is 1.06 bits per heavy atom. The Morgan fingerprint density at radius 3 is 2.59 bits per heavy atom. The molecule has 3 heterocycles. The fraction of sp³-hybridized carbons (Fsp3) is 0.286. The quantitative estimate of drug-likeness (QED) is 0.476. The van der Waals surface area contributed by atoms with E-state index in [1.807, 2.05) is 56.3 Å². The second-order valence-corrected chi connectivity index (χ2v) is 9.11. The monoisotopic (exact) mass is 454 g/mol. The summed E-state index contributed by atoms with van der Waals surface area (Å²) in [5.41, 5.74) is 7.52. The Labute approximate surface area is 200 Å². The van der Waals surface area contributed by atoms with Crippen LogP contribution in [0.4, 0.5) is 5.69 Å². The summed E-state index contributed by atoms with van der Waals surface area (Å²) in [6, 6.07) is 16.1. The number of benzene rings is 2. The van der Waals surface area contributed by atoms with Crippen LogP contribution in [0.15, 0.2) is 48.5 Å². The van der Waals surface area contributed by atoms with E-state index in [9.17, 15) is 9.59 Å². The third-order valence-corrected chi connectivity index (χ3v) is 6.81. The highest BCUT2D eigenvalue weighted by Gasteiger charge is 2.26. The predicted octanol–water partition coefficient (Wildman–Crippen LogP) is 4.62. The first-order chi connectivity index (χ1) is 16.5. The van der Waals surface area contributed by atoms with Gasteiger partial charge in [0.1, 0.15) is 0 Å². The lowest BCUT2D eigenvalue weighted by Gasteiger charge is -2.14. The van der Waals surface area contributed by atoms with E-state index in [0.29, 0.717) is 17.7 Å². The maximum absolute atomic E-state index is 12.9. The summed E-state index contributed by atoms with van der Waals surface area (Å²) in [4.78, 5) is 31.4. The van der Waals surface area contributed by atoms with Crippen molar-refractivity contribution in [3.63, 3.8) is 0 Å². The fourth-order valence-electron chi connectivity index (χ4n) is 4.97. The molecule has 1 saturated heterocycles. The van der Waals surface area contributed by atoms with E-state index in [0.717, 1.165) is 59.0 Å². The number of nitrogens with zero attached hydrogens (tertiary/aromatic N) is 1. The average Bonchev–Trinajstić information content (AvgIpc) is 3.53. The minimum absolute atomic E-state index is 0.0715. The van der Waals surface area contributed by atoms with Crippen molar-refractivity contribution in [3.05, 3.63) is 76.6 Å². The minimum atomic E-state index is -0.136. The van der Waals surface area contributed by atoms with E-state index >= 15 is 0 Å². The Balaban J connectivity index is 1.40. The number of amides is 2. The molecule has 0 aliphatic carbocycles. The Bertz CT molecular complexity index is 1270. The van der Waals surface area contributed by atoms with Crippen LogP contribution in [0.3, 0.4) is 0 Å². The van der Waals surface area contributed by atoms with Gasteiger partial charge < -0.3 is 20.5 Å². The van der Waals surface area contributed by atoms with Gasteiger partial charge in [-0.05, 0) is 74.7 Å². The number of anilines is 1. The molecule has 2 aliphatic rings. The van der Waals surface area contributed by atoms with Crippen LogP contribution in [-0.2, 0) is 4.79 Å². The SMILES string of the molecule is Cc1[nH]c(/C=C2\C(=O)Nc3ccc(-c4ccccc4)cc32)c(C)c1C(=O)NCCN1CCCC1. The summed E-state index contributed by atoms with van der Waals surface area (Å²) in [6.07, 6.45) is 4.34. The number of aryl methyl sites for hydroxylation is 1. The molecule has 2 amide bonds. The van der Waals surface area contributed by atoms with Gasteiger partial charge in [0.25, 0.3) is 11.8 Å². The second kappa shape index (κ2) is 9.31. The lowest BCUT2D eigenvalue weighted by atomic mass is 9.98. The van der Waals surface area contributed by atoms with Gasteiger partial charge in [-0.3, -0.25) is 9.59 Å². The summed E-state index contributed by atoms with van der Waals surface area (Å²) in [6.45, 7) is 7.58. The zero-order valence-corrected chi connectivity index (χ0v) is 19.7. The van der Waals surface area contributed by atoms with E-state index in [2.05, 4.69) is 32.7 Å². The first-order valence-corrected chi connectivity index (χ1v) is 11.9. The van der Waals surface area contributed by atoms with Gasteiger partial charge in [0.15, 0.2) is 0 Å². The van der Waals surface area contributed by atoms with E-state index in [-0.39, 0.29) is 11.8 Å². The normalized spacial score (nSPS) is 16.6. The van der Waals surface area contributed by atoms with E-state index in [4.69, 9.17) is 0 Å². The van der Waals surface area contributed by atoms with Crippen LogP contribution in [-0.4, -0.2) is 47.9 Å². The van der Waals surface area contributed by atoms with Gasteiger partial charge in [-0.2, -0.15) is 0 Å². The first-order valence-electron chi connectivity index (χ1n) is 11.9. The number of rotatable bonds is 6. The third-order valence-electron chi connectivity index (χ3n) is 6.81. The summed E-state index contributed by atoms with van der Waals surface area (Å²) >= 11 is 0. The standard InChI is InChI=1S/C28H30N4O2/c1-18-25(30-19(2)26(18)28(34)29-12-15-32-13-6-7-14-32)17-23-22-16-21(20-8-4-3-5-9-20)10-11-24(22)31-27(23)33/h3-5,8-11,16-17,30H,6-7,12-15H2,1-2H3,(H,29,34)(H,31,33)/b23-17-. The molecule has 0 atom stereocenters. The third kappa shape index (κ3) is 4.29. The van der Waals surface area contributed by atoms with Crippen LogP contribution in [0.25, 0.3) is 22.8 Å². The molecule has 0 spiro atoms. The van der Waals surface area contributed by atoms with Gasteiger partial charge in [0.2, 0.25) is 0 Å². The molecule has 3 aromatic rings. The number of likely N-dealkylation sites (tertiary alicyclic amines) is 1. The molecule has 1 aromatic heterocycles. The van der Waals surface area contributed by atoms with E-state index in [1.165, 1.54) is 12.8 Å². The zero-order chi connectivity index (χ0) is 23.7. The molecule has 174 valence electrons. The van der Waals surface area contributed by atoms with Gasteiger partial charge >= 0.3 is 0 Å². The molecule has 0 bridgehead atoms. The summed E-state index contributed by atoms with van der Waals surface area (Å²) in [5.74, 6) is -0.207. The van der Waals surface area contributed by atoms with Crippen molar-refractivity contribution >= 4 is 29.2 Å². The first kappa shape index (κ1) is 22.2. The smallest absolute Gasteiger partial charge is 0.256 e. The van der Waals surface area contributed by atoms with Crippen molar-refractivity contribution in [3.8, 4) is 11.1 Å². The summed E-state index contributed by atoms with van der Waals surface area (Å²) in [5, 5.41) is 6.02. The average molecular weight is 455 g/mol. The van der Waals surface area contributed by atoms with Crippen LogP contribution in [0.5, 0.6) is 0 Å². The fourth-order valence-corrected chi connectivity index (χ4v) is 4.97. The predicted molar refractivity (Wildman–Crippen MR) is 137 cm³/mol. The Kier molecular flexibility index (Phi) is 6.07. The number of hydrogen-bond donors (Lipinski definition) is 3. The number of aromatic nitrogens is 1. The Morgan fingerprint density at radius 2 is 1.82 bits per heavy atom. The number of hydrogen-bond acceptors (Lipinski definition) is 3. The van der Waals surface area contributed by atoms with Crippen molar-refractivity contribution in [1.82, 2.24) is 15.2 Å². The second-order valence-electron chi connectivity index (χ2n) is 9.11. The molecule has 0 unspecified atom stereocenters. The number of carbonyl (C=O) groups excluding carboxylic acids is 2. The highest BCUT2D eigenvalue weighted by atomic mass is 16.2. The van der Waals surface area contributed by atoms with E-state index in [1.54, 1.807) is 0 Å². The maximum Gasteiger partial charge on any atom is 0.256 e. The molecule has 3 N–H and O–H groups in total. The zero-order valence-electron chi connectivity index (χ0n) is 19.7. The lowest BCUT2D eigenvalue weighted by Crippen LogP contribution is -2.33. The number of carbonyl (C=O) groups is 2. The summed E-state index contributed by atoms with van der Waals surface area (Å²) in [7, 11) is 0. The molecule has 0 saturated carbocycles. The van der Waals surface area contributed by atoms with Crippen LogP contribution < -0.4 is 10.6 Å². The molecule has 0 radical (unpaired) electrons. The van der Waals surface area contributed by atoms with Crippen molar-refractivity contribution < 1.29 is 9.59 Å². The van der Waals surface area contributed by atoms with Crippen LogP contribution in [0, 0.1) is 13.8 Å². The van der Waals surface area contributed by atoms with Crippen LogP contribution >= 0.6 is 0 Å². The largest absolute Gasteiger partial charge is 0.358 e. The molecule has 6 nitrogen and oxygen atoms in total. The number of aromatic amines is 1. The topological polar surface area (TPSA) is 77.2 Å². The van der Waals surface area contributed by atoms with Gasteiger partial charge in [-0.15, -0.1) is 0 Å². The number of fused-ring (bicyclic) bond motifs is 1.